The molecule has 0 aliphatic carbocycles. The Morgan fingerprint density at radius 1 is 1.45 bits per heavy atom. The minimum atomic E-state index is -0.808. The maximum atomic E-state index is 10.5. The lowest BCUT2D eigenvalue weighted by Crippen LogP contribution is -2.35. The molecule has 0 bridgehead atoms. The number of amides is 1. The highest BCUT2D eigenvalue weighted by atomic mass is 16.4. The first-order valence-corrected chi connectivity index (χ1v) is 3.74. The van der Waals surface area contributed by atoms with Gasteiger partial charge in [0.05, 0.1) is 0 Å². The molecule has 1 rings (SSSR count). The summed E-state index contributed by atoms with van der Waals surface area (Å²) in [6.45, 7) is 5.29. The zero-order valence-corrected chi connectivity index (χ0v) is 6.92. The quantitative estimate of drug-likeness (QED) is 0.541. The topological polar surface area (TPSA) is 40.5 Å². The molecule has 1 heterocycles. The summed E-state index contributed by atoms with van der Waals surface area (Å²) in [7, 11) is 0. The van der Waals surface area contributed by atoms with E-state index in [1.807, 2.05) is 6.92 Å². The van der Waals surface area contributed by atoms with Gasteiger partial charge in [-0.25, -0.2) is 4.79 Å². The third kappa shape index (κ3) is 1.73. The molecule has 3 nitrogen and oxygen atoms in total. The van der Waals surface area contributed by atoms with Crippen LogP contribution >= 0.6 is 0 Å². The van der Waals surface area contributed by atoms with E-state index in [0.29, 0.717) is 13.1 Å². The molecule has 0 atom stereocenters. The Balaban J connectivity index is 2.64. The largest absolute Gasteiger partial charge is 0.465 e. The van der Waals surface area contributed by atoms with Crippen molar-refractivity contribution in [3.63, 3.8) is 0 Å². The molecule has 0 unspecified atom stereocenters. The Morgan fingerprint density at radius 3 is 2.55 bits per heavy atom. The van der Waals surface area contributed by atoms with Crippen molar-refractivity contribution < 1.29 is 9.90 Å². The Morgan fingerprint density at radius 2 is 2.09 bits per heavy atom. The predicted octanol–water partition coefficient (Wildman–Crippen LogP) is 1.71. The van der Waals surface area contributed by atoms with E-state index in [9.17, 15) is 4.79 Å². The standard InChI is InChI=1S/C8H13NO2/c1-6-3-4-9(8(10)11)5-7(6)2/h3-5H2,1-2H3,(H,10,11). The minimum absolute atomic E-state index is 0.584. The summed E-state index contributed by atoms with van der Waals surface area (Å²) >= 11 is 0. The lowest BCUT2D eigenvalue weighted by atomic mass is 10.0. The van der Waals surface area contributed by atoms with Crippen LogP contribution in [0.4, 0.5) is 4.79 Å². The van der Waals surface area contributed by atoms with E-state index in [1.54, 1.807) is 0 Å². The van der Waals surface area contributed by atoms with Crippen LogP contribution in [-0.2, 0) is 0 Å². The van der Waals surface area contributed by atoms with E-state index in [-0.39, 0.29) is 0 Å². The van der Waals surface area contributed by atoms with Crippen molar-refractivity contribution in [2.75, 3.05) is 13.1 Å². The summed E-state index contributed by atoms with van der Waals surface area (Å²) in [6, 6.07) is 0. The molecule has 0 aromatic rings. The first-order chi connectivity index (χ1) is 5.11. The predicted molar refractivity (Wildman–Crippen MR) is 42.6 cm³/mol. The average Bonchev–Trinajstić information content (AvgIpc) is 1.94. The van der Waals surface area contributed by atoms with Crippen molar-refractivity contribution in [3.05, 3.63) is 11.1 Å². The van der Waals surface area contributed by atoms with Crippen molar-refractivity contribution in [2.24, 2.45) is 0 Å². The maximum Gasteiger partial charge on any atom is 0.407 e. The van der Waals surface area contributed by atoms with Crippen LogP contribution in [0.25, 0.3) is 0 Å². The fourth-order valence-electron chi connectivity index (χ4n) is 1.18. The summed E-state index contributed by atoms with van der Waals surface area (Å²) in [6.07, 6.45) is 0.0786. The van der Waals surface area contributed by atoms with Gasteiger partial charge in [-0.2, -0.15) is 0 Å². The third-order valence-electron chi connectivity index (χ3n) is 2.18. The lowest BCUT2D eigenvalue weighted by molar-refractivity contribution is 0.147. The van der Waals surface area contributed by atoms with E-state index in [0.717, 1.165) is 6.42 Å². The molecule has 1 amide bonds. The summed E-state index contributed by atoms with van der Waals surface area (Å²) < 4.78 is 0. The van der Waals surface area contributed by atoms with Gasteiger partial charge in [0, 0.05) is 13.1 Å². The second-order valence-corrected chi connectivity index (χ2v) is 3.01. The Bertz CT molecular complexity index is 208. The molecule has 62 valence electrons. The second kappa shape index (κ2) is 2.95. The molecule has 0 spiro atoms. The molecule has 0 aromatic carbocycles. The number of hydrogen-bond donors (Lipinski definition) is 1. The smallest absolute Gasteiger partial charge is 0.407 e. The van der Waals surface area contributed by atoms with Crippen LogP contribution < -0.4 is 0 Å². The number of rotatable bonds is 0. The van der Waals surface area contributed by atoms with Crippen LogP contribution in [0.5, 0.6) is 0 Å². The van der Waals surface area contributed by atoms with Crippen LogP contribution in [0.1, 0.15) is 20.3 Å². The van der Waals surface area contributed by atoms with E-state index >= 15 is 0 Å². The Hall–Kier alpha value is -0.990. The molecule has 3 heteroatoms. The average molecular weight is 155 g/mol. The number of hydrogen-bond acceptors (Lipinski definition) is 1. The van der Waals surface area contributed by atoms with Crippen molar-refractivity contribution >= 4 is 6.09 Å². The monoisotopic (exact) mass is 155 g/mol. The summed E-state index contributed by atoms with van der Waals surface area (Å²) in [5.74, 6) is 0. The zero-order chi connectivity index (χ0) is 8.43. The van der Waals surface area contributed by atoms with Crippen molar-refractivity contribution in [1.82, 2.24) is 4.90 Å². The molecule has 11 heavy (non-hydrogen) atoms. The first-order valence-electron chi connectivity index (χ1n) is 3.74. The van der Waals surface area contributed by atoms with Gasteiger partial charge in [-0.3, -0.25) is 0 Å². The Kier molecular flexibility index (Phi) is 2.17. The van der Waals surface area contributed by atoms with Crippen LogP contribution in [0.2, 0.25) is 0 Å². The van der Waals surface area contributed by atoms with Crippen LogP contribution in [-0.4, -0.2) is 29.2 Å². The van der Waals surface area contributed by atoms with Gasteiger partial charge < -0.3 is 10.0 Å². The highest BCUT2D eigenvalue weighted by molar-refractivity contribution is 5.65. The molecular weight excluding hydrogens is 142 g/mol. The van der Waals surface area contributed by atoms with Crippen molar-refractivity contribution in [1.29, 1.82) is 0 Å². The van der Waals surface area contributed by atoms with Gasteiger partial charge in [0.15, 0.2) is 0 Å². The van der Waals surface area contributed by atoms with Gasteiger partial charge >= 0.3 is 6.09 Å². The van der Waals surface area contributed by atoms with Gasteiger partial charge in [-0.05, 0) is 20.3 Å². The number of carbonyl (C=O) groups is 1. The SMILES string of the molecule is CC1=C(C)CN(C(=O)O)CC1. The fraction of sp³-hybridized carbons (Fsp3) is 0.625. The zero-order valence-electron chi connectivity index (χ0n) is 6.92. The fourth-order valence-corrected chi connectivity index (χ4v) is 1.18. The van der Waals surface area contributed by atoms with Crippen LogP contribution in [0.15, 0.2) is 11.1 Å². The minimum Gasteiger partial charge on any atom is -0.465 e. The van der Waals surface area contributed by atoms with Crippen molar-refractivity contribution in [3.8, 4) is 0 Å². The normalized spacial score (nSPS) is 18.9. The van der Waals surface area contributed by atoms with Gasteiger partial charge in [-0.15, -0.1) is 0 Å². The Labute approximate surface area is 66.3 Å². The molecule has 0 aromatic heterocycles. The van der Waals surface area contributed by atoms with Gasteiger partial charge in [-0.1, -0.05) is 11.1 Å². The van der Waals surface area contributed by atoms with Gasteiger partial charge in [0.1, 0.15) is 0 Å². The number of nitrogens with zero attached hydrogens (tertiary/aromatic N) is 1. The molecule has 1 aliphatic heterocycles. The van der Waals surface area contributed by atoms with Crippen LogP contribution in [0.3, 0.4) is 0 Å². The molecule has 0 radical (unpaired) electrons. The summed E-state index contributed by atoms with van der Waals surface area (Å²) in [5.41, 5.74) is 2.53. The highest BCUT2D eigenvalue weighted by Crippen LogP contribution is 2.16. The lowest BCUT2D eigenvalue weighted by Gasteiger charge is -2.25. The molecule has 0 saturated carbocycles. The van der Waals surface area contributed by atoms with Gasteiger partial charge in [0.2, 0.25) is 0 Å². The van der Waals surface area contributed by atoms with Crippen molar-refractivity contribution in [2.45, 2.75) is 20.3 Å². The summed E-state index contributed by atoms with van der Waals surface area (Å²) in [4.78, 5) is 12.0. The van der Waals surface area contributed by atoms with E-state index in [2.05, 4.69) is 6.92 Å². The maximum absolute atomic E-state index is 10.5. The van der Waals surface area contributed by atoms with Crippen LogP contribution in [0, 0.1) is 0 Å². The molecule has 1 N–H and O–H groups in total. The van der Waals surface area contributed by atoms with E-state index < -0.39 is 6.09 Å². The van der Waals surface area contributed by atoms with Gasteiger partial charge in [0.25, 0.3) is 0 Å². The summed E-state index contributed by atoms with van der Waals surface area (Å²) in [5, 5.41) is 8.65. The molecule has 1 aliphatic rings. The first kappa shape index (κ1) is 8.11. The van der Waals surface area contributed by atoms with E-state index in [4.69, 9.17) is 5.11 Å². The highest BCUT2D eigenvalue weighted by Gasteiger charge is 2.17. The third-order valence-corrected chi connectivity index (χ3v) is 2.18. The molecule has 0 saturated heterocycles. The molecular formula is C8H13NO2. The molecule has 0 fully saturated rings. The second-order valence-electron chi connectivity index (χ2n) is 3.01. The van der Waals surface area contributed by atoms with E-state index in [1.165, 1.54) is 16.0 Å². The number of carboxylic acid groups (broad SMARTS) is 1.